The Balaban J connectivity index is 1.76. The summed E-state index contributed by atoms with van der Waals surface area (Å²) in [6, 6.07) is 13.3. The molecule has 0 aliphatic heterocycles. The van der Waals surface area contributed by atoms with Crippen molar-refractivity contribution in [3.05, 3.63) is 76.0 Å². The van der Waals surface area contributed by atoms with Crippen molar-refractivity contribution in [3.8, 4) is 5.75 Å². The number of anilines is 2. The smallest absolute Gasteiger partial charge is 0.274 e. The summed E-state index contributed by atoms with van der Waals surface area (Å²) in [7, 11) is 0. The van der Waals surface area contributed by atoms with Crippen LogP contribution in [0.25, 0.3) is 0 Å². The van der Waals surface area contributed by atoms with Gasteiger partial charge in [-0.25, -0.2) is 4.39 Å². The van der Waals surface area contributed by atoms with Gasteiger partial charge in [0, 0.05) is 6.42 Å². The third-order valence-corrected chi connectivity index (χ3v) is 3.65. The fourth-order valence-corrected chi connectivity index (χ4v) is 2.36. The first kappa shape index (κ1) is 17.6. The number of hydrogen-bond acceptors (Lipinski definition) is 5. The molecule has 0 fully saturated rings. The summed E-state index contributed by atoms with van der Waals surface area (Å²) in [6.07, 6.45) is 1.17. The van der Waals surface area contributed by atoms with Gasteiger partial charge in [0.15, 0.2) is 0 Å². The number of nitrogens with zero attached hydrogens (tertiary/aromatic N) is 2. The number of para-hydroxylation sites is 2. The third-order valence-electron chi connectivity index (χ3n) is 3.65. The Morgan fingerprint density at radius 2 is 1.88 bits per heavy atom. The van der Waals surface area contributed by atoms with Gasteiger partial charge < -0.3 is 10.1 Å². The number of benzene rings is 2. The van der Waals surface area contributed by atoms with Gasteiger partial charge in [0.05, 0.1) is 12.3 Å². The minimum Gasteiger partial charge on any atom is -0.491 e. The van der Waals surface area contributed by atoms with Crippen LogP contribution in [0, 0.1) is 5.82 Å². The highest BCUT2D eigenvalue weighted by Crippen LogP contribution is 2.25. The van der Waals surface area contributed by atoms with E-state index in [1.807, 2.05) is 31.2 Å². The molecular formula is C19H19FN4O2. The van der Waals surface area contributed by atoms with Crippen molar-refractivity contribution in [1.29, 1.82) is 0 Å². The quantitative estimate of drug-likeness (QED) is 0.679. The minimum absolute atomic E-state index is 0.227. The lowest BCUT2D eigenvalue weighted by Gasteiger charge is -2.11. The van der Waals surface area contributed by atoms with Gasteiger partial charge in [-0.05, 0) is 36.2 Å². The second kappa shape index (κ2) is 8.24. The molecule has 0 spiro atoms. The lowest BCUT2D eigenvalue weighted by Crippen LogP contribution is -2.19. The van der Waals surface area contributed by atoms with Gasteiger partial charge in [0.2, 0.25) is 5.95 Å². The first-order valence-electron chi connectivity index (χ1n) is 8.35. The first-order chi connectivity index (χ1) is 12.7. The van der Waals surface area contributed by atoms with Crippen LogP contribution in [-0.2, 0) is 6.42 Å². The predicted octanol–water partition coefficient (Wildman–Crippen LogP) is 3.43. The summed E-state index contributed by atoms with van der Waals surface area (Å²) in [6.45, 7) is 2.62. The van der Waals surface area contributed by atoms with Crippen molar-refractivity contribution in [2.45, 2.75) is 19.8 Å². The van der Waals surface area contributed by atoms with Crippen LogP contribution in [0.4, 0.5) is 16.0 Å². The van der Waals surface area contributed by atoms with Crippen molar-refractivity contribution in [1.82, 2.24) is 15.2 Å². The molecule has 3 rings (SSSR count). The lowest BCUT2D eigenvalue weighted by molar-refractivity contribution is 0.319. The number of ether oxygens (including phenoxy) is 1. The van der Waals surface area contributed by atoms with Crippen LogP contribution in [0.5, 0.6) is 5.75 Å². The molecule has 7 heteroatoms. The molecule has 1 heterocycles. The molecule has 0 amide bonds. The van der Waals surface area contributed by atoms with E-state index in [4.69, 9.17) is 4.74 Å². The molecule has 1 aromatic heterocycles. The van der Waals surface area contributed by atoms with Crippen molar-refractivity contribution < 1.29 is 9.13 Å². The van der Waals surface area contributed by atoms with Gasteiger partial charge in [-0.15, -0.1) is 10.2 Å². The Morgan fingerprint density at radius 1 is 1.12 bits per heavy atom. The fourth-order valence-electron chi connectivity index (χ4n) is 2.36. The molecule has 6 nitrogen and oxygen atoms in total. The van der Waals surface area contributed by atoms with Crippen LogP contribution < -0.4 is 15.6 Å². The van der Waals surface area contributed by atoms with E-state index in [9.17, 15) is 9.18 Å². The molecule has 0 atom stereocenters. The maximum absolute atomic E-state index is 13.0. The van der Waals surface area contributed by atoms with E-state index < -0.39 is 0 Å². The molecule has 0 saturated heterocycles. The van der Waals surface area contributed by atoms with Gasteiger partial charge in [-0.1, -0.05) is 31.2 Å². The van der Waals surface area contributed by atoms with Crippen molar-refractivity contribution in [3.63, 3.8) is 0 Å². The summed E-state index contributed by atoms with van der Waals surface area (Å²) in [5.41, 5.74) is 1.39. The number of aromatic amines is 1. The van der Waals surface area contributed by atoms with Gasteiger partial charge in [-0.2, -0.15) is 0 Å². The van der Waals surface area contributed by atoms with E-state index in [0.717, 1.165) is 12.0 Å². The number of halogens is 1. The Kier molecular flexibility index (Phi) is 5.58. The molecule has 0 saturated carbocycles. The van der Waals surface area contributed by atoms with Crippen molar-refractivity contribution in [2.24, 2.45) is 0 Å². The van der Waals surface area contributed by atoms with E-state index in [1.54, 1.807) is 12.1 Å². The van der Waals surface area contributed by atoms with Crippen LogP contribution in [0.15, 0.2) is 53.3 Å². The largest absolute Gasteiger partial charge is 0.491 e. The Bertz CT molecular complexity index is 925. The SMILES string of the molecule is CCCOc1ccccc1Nc1nnc(Cc2ccc(F)cc2)c(=O)[nH]1. The Labute approximate surface area is 150 Å². The molecule has 134 valence electrons. The van der Waals surface area contributed by atoms with Crippen LogP contribution in [0.3, 0.4) is 0 Å². The molecule has 0 aliphatic carbocycles. The Hall–Kier alpha value is -3.22. The first-order valence-corrected chi connectivity index (χ1v) is 8.35. The standard InChI is InChI=1S/C19H19FN4O2/c1-2-11-26-17-6-4-3-5-15(17)21-19-22-18(25)16(23-24-19)12-13-7-9-14(20)10-8-13/h3-10H,2,11-12H2,1H3,(H2,21,22,24,25). The summed E-state index contributed by atoms with van der Waals surface area (Å²) in [4.78, 5) is 14.9. The van der Waals surface area contributed by atoms with E-state index in [1.165, 1.54) is 12.1 Å². The topological polar surface area (TPSA) is 79.9 Å². The second-order valence-electron chi connectivity index (χ2n) is 5.72. The van der Waals surface area contributed by atoms with Gasteiger partial charge >= 0.3 is 0 Å². The van der Waals surface area contributed by atoms with Crippen LogP contribution in [-0.4, -0.2) is 21.8 Å². The van der Waals surface area contributed by atoms with E-state index in [0.29, 0.717) is 18.0 Å². The molecule has 26 heavy (non-hydrogen) atoms. The summed E-state index contributed by atoms with van der Waals surface area (Å²) >= 11 is 0. The average Bonchev–Trinajstić information content (AvgIpc) is 2.65. The van der Waals surface area contributed by atoms with E-state index in [2.05, 4.69) is 20.5 Å². The predicted molar refractivity (Wildman–Crippen MR) is 97.4 cm³/mol. The normalized spacial score (nSPS) is 10.5. The van der Waals surface area contributed by atoms with E-state index in [-0.39, 0.29) is 29.4 Å². The van der Waals surface area contributed by atoms with Crippen LogP contribution >= 0.6 is 0 Å². The van der Waals surface area contributed by atoms with Gasteiger partial charge in [0.1, 0.15) is 17.3 Å². The van der Waals surface area contributed by atoms with Crippen LogP contribution in [0.1, 0.15) is 24.6 Å². The van der Waals surface area contributed by atoms with Crippen LogP contribution in [0.2, 0.25) is 0 Å². The third kappa shape index (κ3) is 4.44. The second-order valence-corrected chi connectivity index (χ2v) is 5.72. The molecule has 0 aliphatic rings. The lowest BCUT2D eigenvalue weighted by atomic mass is 10.1. The number of H-pyrrole nitrogens is 1. The molecular weight excluding hydrogens is 335 g/mol. The minimum atomic E-state index is -0.348. The monoisotopic (exact) mass is 354 g/mol. The highest BCUT2D eigenvalue weighted by atomic mass is 19.1. The number of hydrogen-bond donors (Lipinski definition) is 2. The summed E-state index contributed by atoms with van der Waals surface area (Å²) in [5.74, 6) is 0.579. The molecule has 0 unspecified atom stereocenters. The highest BCUT2D eigenvalue weighted by Gasteiger charge is 2.09. The zero-order valence-corrected chi connectivity index (χ0v) is 14.3. The summed E-state index contributed by atoms with van der Waals surface area (Å²) in [5, 5.41) is 11.0. The maximum atomic E-state index is 13.0. The van der Waals surface area contributed by atoms with Gasteiger partial charge in [0.25, 0.3) is 5.56 Å². The zero-order chi connectivity index (χ0) is 18.4. The molecule has 2 N–H and O–H groups in total. The maximum Gasteiger partial charge on any atom is 0.274 e. The molecule has 3 aromatic rings. The zero-order valence-electron chi connectivity index (χ0n) is 14.3. The van der Waals surface area contributed by atoms with E-state index >= 15 is 0 Å². The molecule has 0 bridgehead atoms. The fraction of sp³-hybridized carbons (Fsp3) is 0.211. The van der Waals surface area contributed by atoms with Crippen molar-refractivity contribution >= 4 is 11.6 Å². The Morgan fingerprint density at radius 3 is 2.62 bits per heavy atom. The summed E-state index contributed by atoms with van der Waals surface area (Å²) < 4.78 is 18.6. The number of aromatic nitrogens is 3. The number of nitrogens with one attached hydrogen (secondary N) is 2. The van der Waals surface area contributed by atoms with Crippen molar-refractivity contribution in [2.75, 3.05) is 11.9 Å². The average molecular weight is 354 g/mol. The molecule has 0 radical (unpaired) electrons. The number of rotatable bonds is 7. The molecule has 2 aromatic carbocycles. The van der Waals surface area contributed by atoms with Gasteiger partial charge in [-0.3, -0.25) is 9.78 Å². The highest BCUT2D eigenvalue weighted by molar-refractivity contribution is 5.62.